The van der Waals surface area contributed by atoms with Crippen LogP contribution in [-0.2, 0) is 19.4 Å². The van der Waals surface area contributed by atoms with Gasteiger partial charge in [-0.1, -0.05) is 72.3 Å². The number of para-hydroxylation sites is 1. The van der Waals surface area contributed by atoms with E-state index in [4.69, 9.17) is 23.8 Å². The Morgan fingerprint density at radius 2 is 1.76 bits per heavy atom. The molecule has 1 aromatic heterocycles. The predicted molar refractivity (Wildman–Crippen MR) is 142 cm³/mol. The average molecular weight is 474 g/mol. The van der Waals surface area contributed by atoms with E-state index in [1.165, 1.54) is 40.6 Å². The summed E-state index contributed by atoms with van der Waals surface area (Å²) in [4.78, 5) is 0. The number of hydrogen-bond acceptors (Lipinski definition) is 1. The van der Waals surface area contributed by atoms with Crippen LogP contribution in [0.25, 0.3) is 10.9 Å². The second kappa shape index (κ2) is 9.58. The van der Waals surface area contributed by atoms with E-state index in [2.05, 4.69) is 64.6 Å². The van der Waals surface area contributed by atoms with Gasteiger partial charge in [0, 0.05) is 29.2 Å². The number of hydrogen-bond donors (Lipinski definition) is 2. The van der Waals surface area contributed by atoms with Gasteiger partial charge in [0.05, 0.1) is 11.6 Å². The quantitative estimate of drug-likeness (QED) is 0.320. The minimum Gasteiger partial charge on any atom is -0.362 e. The van der Waals surface area contributed by atoms with Crippen molar-refractivity contribution in [3.8, 4) is 0 Å². The molecule has 0 bridgehead atoms. The Hall–Kier alpha value is -2.82. The molecule has 2 heterocycles. The fraction of sp³-hybridized carbons (Fsp3) is 0.250. The third-order valence-corrected chi connectivity index (χ3v) is 7.17. The van der Waals surface area contributed by atoms with E-state index in [1.54, 1.807) is 0 Å². The summed E-state index contributed by atoms with van der Waals surface area (Å²) in [6.45, 7) is 4.16. The molecule has 1 aliphatic heterocycles. The van der Waals surface area contributed by atoms with Crippen molar-refractivity contribution in [1.82, 2.24) is 15.2 Å². The largest absolute Gasteiger partial charge is 0.362 e. The topological polar surface area (TPSA) is 29.0 Å². The van der Waals surface area contributed by atoms with Crippen LogP contribution in [0.15, 0.2) is 72.8 Å². The molecule has 1 aliphatic rings. The highest BCUT2D eigenvalue weighted by molar-refractivity contribution is 7.80. The first-order chi connectivity index (χ1) is 16.1. The third-order valence-electron chi connectivity index (χ3n) is 6.66. The summed E-state index contributed by atoms with van der Waals surface area (Å²) >= 11 is 11.8. The number of thiocarbonyl (C=S) groups is 1. The zero-order chi connectivity index (χ0) is 22.8. The zero-order valence-corrected chi connectivity index (χ0v) is 20.3. The van der Waals surface area contributed by atoms with Crippen molar-refractivity contribution >= 4 is 39.8 Å². The number of nitrogens with one attached hydrogen (secondary N) is 2. The monoisotopic (exact) mass is 473 g/mol. The third kappa shape index (κ3) is 4.50. The van der Waals surface area contributed by atoms with Gasteiger partial charge in [0.15, 0.2) is 5.11 Å². The van der Waals surface area contributed by atoms with E-state index in [9.17, 15) is 0 Å². The van der Waals surface area contributed by atoms with Crippen LogP contribution in [0.3, 0.4) is 0 Å². The van der Waals surface area contributed by atoms with Gasteiger partial charge in [-0.15, -0.1) is 0 Å². The van der Waals surface area contributed by atoms with Gasteiger partial charge in [-0.3, -0.25) is 0 Å². The second-order valence-corrected chi connectivity index (χ2v) is 9.52. The van der Waals surface area contributed by atoms with Gasteiger partial charge in [0.25, 0.3) is 0 Å². The molecule has 0 spiro atoms. The molecule has 1 atom stereocenters. The van der Waals surface area contributed by atoms with E-state index in [0.29, 0.717) is 5.11 Å². The number of aromatic nitrogens is 1. The molecule has 0 saturated heterocycles. The molecule has 33 heavy (non-hydrogen) atoms. The lowest BCUT2D eigenvalue weighted by molar-refractivity contribution is 0.620. The molecular formula is C28H28ClN3S. The van der Waals surface area contributed by atoms with Gasteiger partial charge in [0.1, 0.15) is 0 Å². The van der Waals surface area contributed by atoms with Crippen LogP contribution in [0.2, 0.25) is 5.02 Å². The molecule has 4 aromatic rings. The van der Waals surface area contributed by atoms with E-state index in [0.717, 1.165) is 35.7 Å². The highest BCUT2D eigenvalue weighted by Crippen LogP contribution is 2.32. The number of benzene rings is 3. The van der Waals surface area contributed by atoms with Crippen molar-refractivity contribution in [2.45, 2.75) is 38.8 Å². The molecule has 0 aliphatic carbocycles. The van der Waals surface area contributed by atoms with Crippen LogP contribution >= 0.6 is 23.8 Å². The van der Waals surface area contributed by atoms with Crippen LogP contribution in [0, 0.1) is 6.92 Å². The van der Waals surface area contributed by atoms with Crippen molar-refractivity contribution in [3.05, 3.63) is 106 Å². The van der Waals surface area contributed by atoms with E-state index >= 15 is 0 Å². The lowest BCUT2D eigenvalue weighted by atomic mass is 9.99. The molecule has 0 saturated carbocycles. The van der Waals surface area contributed by atoms with Gasteiger partial charge < -0.3 is 15.2 Å². The van der Waals surface area contributed by atoms with Crippen molar-refractivity contribution in [3.63, 3.8) is 0 Å². The second-order valence-electron chi connectivity index (χ2n) is 8.68. The molecule has 2 N–H and O–H groups in total. The van der Waals surface area contributed by atoms with Crippen molar-refractivity contribution in [1.29, 1.82) is 0 Å². The van der Waals surface area contributed by atoms with E-state index in [-0.39, 0.29) is 6.04 Å². The van der Waals surface area contributed by atoms with Crippen LogP contribution in [0.1, 0.15) is 40.4 Å². The summed E-state index contributed by atoms with van der Waals surface area (Å²) < 4.78 is 2.51. The highest BCUT2D eigenvalue weighted by atomic mass is 35.5. The van der Waals surface area contributed by atoms with Crippen LogP contribution in [-0.4, -0.2) is 16.2 Å². The molecule has 0 radical (unpaired) electrons. The van der Waals surface area contributed by atoms with Crippen LogP contribution in [0.5, 0.6) is 0 Å². The fourth-order valence-corrected chi connectivity index (χ4v) is 5.39. The zero-order valence-electron chi connectivity index (χ0n) is 18.8. The Morgan fingerprint density at radius 1 is 1.00 bits per heavy atom. The molecule has 5 rings (SSSR count). The maximum atomic E-state index is 6.11. The maximum Gasteiger partial charge on any atom is 0.167 e. The summed E-state index contributed by atoms with van der Waals surface area (Å²) in [5.41, 5.74) is 8.02. The maximum absolute atomic E-state index is 6.11. The number of nitrogens with zero attached hydrogens (tertiary/aromatic N) is 1. The van der Waals surface area contributed by atoms with Crippen LogP contribution in [0.4, 0.5) is 0 Å². The summed E-state index contributed by atoms with van der Waals surface area (Å²) in [5.74, 6) is 0. The molecular weight excluding hydrogens is 446 g/mol. The minimum atomic E-state index is -0.0382. The number of halogens is 1. The van der Waals surface area contributed by atoms with Gasteiger partial charge in [-0.25, -0.2) is 0 Å². The van der Waals surface area contributed by atoms with E-state index in [1.807, 2.05) is 30.3 Å². The summed E-state index contributed by atoms with van der Waals surface area (Å²) in [5, 5.41) is 9.75. The lowest BCUT2D eigenvalue weighted by Crippen LogP contribution is -2.39. The van der Waals surface area contributed by atoms with Crippen molar-refractivity contribution < 1.29 is 0 Å². The van der Waals surface area contributed by atoms with E-state index < -0.39 is 0 Å². The molecule has 0 amide bonds. The average Bonchev–Trinajstić information content (AvgIpc) is 3.12. The normalized spacial score (nSPS) is 13.6. The Kier molecular flexibility index (Phi) is 6.39. The summed E-state index contributed by atoms with van der Waals surface area (Å²) in [6, 6.07) is 25.0. The number of aryl methyl sites for hydroxylation is 2. The van der Waals surface area contributed by atoms with Crippen molar-refractivity contribution in [2.75, 3.05) is 6.54 Å². The SMILES string of the molecule is Cc1c(CCNC(=S)NC(c2ccccc2)c2ccc(Cl)cc2)c2cccc3c2n1CCC3. The Bertz CT molecular complexity index is 1280. The van der Waals surface area contributed by atoms with Gasteiger partial charge >= 0.3 is 0 Å². The molecule has 1 unspecified atom stereocenters. The summed E-state index contributed by atoms with van der Waals surface area (Å²) in [6.07, 6.45) is 3.34. The molecule has 5 heteroatoms. The summed E-state index contributed by atoms with van der Waals surface area (Å²) in [7, 11) is 0. The first-order valence-electron chi connectivity index (χ1n) is 11.6. The minimum absolute atomic E-state index is 0.0382. The first kappa shape index (κ1) is 22.0. The molecule has 168 valence electrons. The standard InChI is InChI=1S/C28H28ClN3S/c1-19-24(25-11-5-9-22-10-6-18-32(19)27(22)25)16-17-30-28(33)31-26(20-7-3-2-4-8-20)21-12-14-23(29)15-13-21/h2-5,7-9,11-15,26H,6,10,16-18H2,1H3,(H2,30,31,33). The van der Waals surface area contributed by atoms with Gasteiger partial charge in [-0.05, 0) is 72.8 Å². The highest BCUT2D eigenvalue weighted by Gasteiger charge is 2.20. The fourth-order valence-electron chi connectivity index (χ4n) is 5.05. The molecule has 0 fully saturated rings. The van der Waals surface area contributed by atoms with Crippen molar-refractivity contribution in [2.24, 2.45) is 0 Å². The Labute approximate surface area is 205 Å². The predicted octanol–water partition coefficient (Wildman–Crippen LogP) is 6.35. The molecule has 3 nitrogen and oxygen atoms in total. The smallest absolute Gasteiger partial charge is 0.167 e. The van der Waals surface area contributed by atoms with Crippen LogP contribution < -0.4 is 10.6 Å². The Morgan fingerprint density at radius 3 is 2.55 bits per heavy atom. The van der Waals surface area contributed by atoms with Gasteiger partial charge in [-0.2, -0.15) is 0 Å². The Balaban J connectivity index is 1.30. The number of rotatable bonds is 6. The first-order valence-corrected chi connectivity index (χ1v) is 12.3. The van der Waals surface area contributed by atoms with Gasteiger partial charge in [0.2, 0.25) is 0 Å². The molecule has 3 aromatic carbocycles. The lowest BCUT2D eigenvalue weighted by Gasteiger charge is -2.22.